The zero-order valence-corrected chi connectivity index (χ0v) is 17.6. The Hall–Kier alpha value is -2.78. The topological polar surface area (TPSA) is 97.2 Å². The third kappa shape index (κ3) is 4.46. The van der Waals surface area contributed by atoms with Crippen molar-refractivity contribution in [3.05, 3.63) is 54.1 Å². The average molecular weight is 416 g/mol. The molecule has 8 nitrogen and oxygen atoms in total. The molecule has 3 rings (SSSR count). The SMILES string of the molecule is CCN(CC)S(=O)(=O)c1ccc(C(C)NC(=O)Cn2nnc3ccccc32)cc1. The molecule has 3 aromatic rings. The minimum atomic E-state index is -3.49. The Morgan fingerprint density at radius 2 is 1.76 bits per heavy atom. The first-order valence-corrected chi connectivity index (χ1v) is 11.0. The summed E-state index contributed by atoms with van der Waals surface area (Å²) in [6.45, 7) is 6.37. The van der Waals surface area contributed by atoms with Gasteiger partial charge in [0.15, 0.2) is 0 Å². The predicted octanol–water partition coefficient (Wildman–Crippen LogP) is 2.34. The number of amides is 1. The molecule has 1 amide bonds. The Kier molecular flexibility index (Phi) is 6.29. The summed E-state index contributed by atoms with van der Waals surface area (Å²) in [5, 5.41) is 11.0. The standard InChI is InChI=1S/C20H25N5O3S/c1-4-24(5-2)29(27,28)17-12-10-16(11-13-17)15(3)21-20(26)14-25-19-9-7-6-8-18(19)22-23-25/h6-13,15H,4-5,14H2,1-3H3,(H,21,26). The molecule has 0 aliphatic heterocycles. The van der Waals surface area contributed by atoms with Crippen molar-refractivity contribution in [3.8, 4) is 0 Å². The quantitative estimate of drug-likeness (QED) is 0.609. The smallest absolute Gasteiger partial charge is 0.243 e. The molecule has 154 valence electrons. The van der Waals surface area contributed by atoms with Crippen molar-refractivity contribution >= 4 is 27.0 Å². The van der Waals surface area contributed by atoms with Gasteiger partial charge in [0.1, 0.15) is 12.1 Å². The lowest BCUT2D eigenvalue weighted by Gasteiger charge is -2.19. The van der Waals surface area contributed by atoms with Crippen LogP contribution >= 0.6 is 0 Å². The van der Waals surface area contributed by atoms with E-state index in [0.717, 1.165) is 16.6 Å². The second-order valence-electron chi connectivity index (χ2n) is 6.68. The number of rotatable bonds is 8. The molecule has 2 aromatic carbocycles. The molecule has 0 spiro atoms. The van der Waals surface area contributed by atoms with E-state index in [2.05, 4.69) is 15.6 Å². The molecular weight excluding hydrogens is 390 g/mol. The number of para-hydroxylation sites is 1. The summed E-state index contributed by atoms with van der Waals surface area (Å²) in [6, 6.07) is 13.8. The maximum atomic E-state index is 12.6. The van der Waals surface area contributed by atoms with Gasteiger partial charge in [-0.25, -0.2) is 13.1 Å². The van der Waals surface area contributed by atoms with Crippen molar-refractivity contribution in [3.63, 3.8) is 0 Å². The number of carbonyl (C=O) groups excluding carboxylic acids is 1. The van der Waals surface area contributed by atoms with Gasteiger partial charge in [-0.2, -0.15) is 4.31 Å². The van der Waals surface area contributed by atoms with Crippen LogP contribution in [0.15, 0.2) is 53.4 Å². The van der Waals surface area contributed by atoms with Crippen LogP contribution in [0.5, 0.6) is 0 Å². The fraction of sp³-hybridized carbons (Fsp3) is 0.350. The third-order valence-electron chi connectivity index (χ3n) is 4.81. The molecule has 0 aliphatic carbocycles. The van der Waals surface area contributed by atoms with Crippen LogP contribution in [0.25, 0.3) is 11.0 Å². The second-order valence-corrected chi connectivity index (χ2v) is 8.62. The highest BCUT2D eigenvalue weighted by molar-refractivity contribution is 7.89. The number of carbonyl (C=O) groups is 1. The number of aromatic nitrogens is 3. The van der Waals surface area contributed by atoms with E-state index < -0.39 is 10.0 Å². The molecule has 0 saturated carbocycles. The van der Waals surface area contributed by atoms with Crippen LogP contribution in [-0.2, 0) is 21.4 Å². The van der Waals surface area contributed by atoms with E-state index in [0.29, 0.717) is 13.1 Å². The fourth-order valence-corrected chi connectivity index (χ4v) is 4.64. The van der Waals surface area contributed by atoms with Gasteiger partial charge in [0.05, 0.1) is 16.5 Å². The Bertz CT molecular complexity index is 1090. The van der Waals surface area contributed by atoms with Gasteiger partial charge in [-0.15, -0.1) is 5.10 Å². The third-order valence-corrected chi connectivity index (χ3v) is 6.88. The van der Waals surface area contributed by atoms with Gasteiger partial charge in [-0.05, 0) is 36.8 Å². The van der Waals surface area contributed by atoms with Crippen LogP contribution in [0.4, 0.5) is 0 Å². The van der Waals surface area contributed by atoms with Crippen molar-refractivity contribution in [2.45, 2.75) is 38.3 Å². The molecule has 1 heterocycles. The lowest BCUT2D eigenvalue weighted by molar-refractivity contribution is -0.122. The highest BCUT2D eigenvalue weighted by Gasteiger charge is 2.21. The molecule has 0 saturated heterocycles. The first-order chi connectivity index (χ1) is 13.9. The summed E-state index contributed by atoms with van der Waals surface area (Å²) in [5.41, 5.74) is 2.35. The molecule has 1 aromatic heterocycles. The van der Waals surface area contributed by atoms with Crippen LogP contribution in [0.2, 0.25) is 0 Å². The maximum Gasteiger partial charge on any atom is 0.243 e. The molecule has 9 heteroatoms. The van der Waals surface area contributed by atoms with E-state index in [1.165, 1.54) is 4.31 Å². The van der Waals surface area contributed by atoms with Crippen LogP contribution in [0, 0.1) is 0 Å². The van der Waals surface area contributed by atoms with E-state index in [1.54, 1.807) is 28.9 Å². The lowest BCUT2D eigenvalue weighted by Crippen LogP contribution is -2.31. The number of nitrogens with one attached hydrogen (secondary N) is 1. The predicted molar refractivity (Wildman–Crippen MR) is 111 cm³/mol. The first kappa shape index (κ1) is 20.9. The van der Waals surface area contributed by atoms with Gasteiger partial charge >= 0.3 is 0 Å². The van der Waals surface area contributed by atoms with Gasteiger partial charge in [-0.1, -0.05) is 43.3 Å². The lowest BCUT2D eigenvalue weighted by atomic mass is 10.1. The fourth-order valence-electron chi connectivity index (χ4n) is 3.18. The Balaban J connectivity index is 1.67. The minimum Gasteiger partial charge on any atom is -0.348 e. The highest BCUT2D eigenvalue weighted by atomic mass is 32.2. The maximum absolute atomic E-state index is 12.6. The number of hydrogen-bond donors (Lipinski definition) is 1. The molecule has 0 aliphatic rings. The van der Waals surface area contributed by atoms with Gasteiger partial charge < -0.3 is 5.32 Å². The number of hydrogen-bond acceptors (Lipinski definition) is 5. The number of fused-ring (bicyclic) bond motifs is 1. The van der Waals surface area contributed by atoms with E-state index >= 15 is 0 Å². The Labute approximate surface area is 170 Å². The Morgan fingerprint density at radius 3 is 2.41 bits per heavy atom. The van der Waals surface area contributed by atoms with Crippen molar-refractivity contribution in [2.24, 2.45) is 0 Å². The molecular formula is C20H25N5O3S. The highest BCUT2D eigenvalue weighted by Crippen LogP contribution is 2.19. The molecule has 0 bridgehead atoms. The van der Waals surface area contributed by atoms with E-state index in [9.17, 15) is 13.2 Å². The first-order valence-electron chi connectivity index (χ1n) is 9.54. The van der Waals surface area contributed by atoms with Gasteiger partial charge in [0.25, 0.3) is 0 Å². The van der Waals surface area contributed by atoms with Crippen molar-refractivity contribution in [1.29, 1.82) is 0 Å². The summed E-state index contributed by atoms with van der Waals surface area (Å²) < 4.78 is 28.1. The van der Waals surface area contributed by atoms with Gasteiger partial charge in [0, 0.05) is 13.1 Å². The van der Waals surface area contributed by atoms with E-state index in [-0.39, 0.29) is 23.4 Å². The summed E-state index contributed by atoms with van der Waals surface area (Å²) in [4.78, 5) is 12.7. The molecule has 1 atom stereocenters. The Morgan fingerprint density at radius 1 is 1.10 bits per heavy atom. The van der Waals surface area contributed by atoms with Gasteiger partial charge in [0.2, 0.25) is 15.9 Å². The molecule has 0 fully saturated rings. The zero-order chi connectivity index (χ0) is 21.0. The molecule has 1 N–H and O–H groups in total. The largest absolute Gasteiger partial charge is 0.348 e. The van der Waals surface area contributed by atoms with Crippen molar-refractivity contribution in [1.82, 2.24) is 24.6 Å². The zero-order valence-electron chi connectivity index (χ0n) is 16.7. The van der Waals surface area contributed by atoms with Gasteiger partial charge in [-0.3, -0.25) is 4.79 Å². The normalized spacial score (nSPS) is 13.0. The second kappa shape index (κ2) is 8.71. The summed E-state index contributed by atoms with van der Waals surface area (Å²) in [5.74, 6) is -0.201. The van der Waals surface area contributed by atoms with Crippen molar-refractivity contribution < 1.29 is 13.2 Å². The molecule has 29 heavy (non-hydrogen) atoms. The van der Waals surface area contributed by atoms with Crippen molar-refractivity contribution in [2.75, 3.05) is 13.1 Å². The summed E-state index contributed by atoms with van der Waals surface area (Å²) in [7, 11) is -3.49. The molecule has 0 radical (unpaired) electrons. The minimum absolute atomic E-state index is 0.0548. The number of nitrogens with zero attached hydrogens (tertiary/aromatic N) is 4. The summed E-state index contributed by atoms with van der Waals surface area (Å²) in [6.07, 6.45) is 0. The van der Waals surface area contributed by atoms with Crippen LogP contribution in [0.3, 0.4) is 0 Å². The van der Waals surface area contributed by atoms with Crippen LogP contribution < -0.4 is 5.32 Å². The number of sulfonamides is 1. The monoisotopic (exact) mass is 415 g/mol. The summed E-state index contributed by atoms with van der Waals surface area (Å²) >= 11 is 0. The average Bonchev–Trinajstić information content (AvgIpc) is 3.11. The molecule has 1 unspecified atom stereocenters. The number of benzene rings is 2. The van der Waals surface area contributed by atoms with E-state index in [4.69, 9.17) is 0 Å². The van der Waals surface area contributed by atoms with Crippen LogP contribution in [-0.4, -0.2) is 46.7 Å². The van der Waals surface area contributed by atoms with Crippen LogP contribution in [0.1, 0.15) is 32.4 Å². The van der Waals surface area contributed by atoms with E-state index in [1.807, 2.05) is 45.0 Å².